The van der Waals surface area contributed by atoms with Gasteiger partial charge in [0.15, 0.2) is 0 Å². The third-order valence-corrected chi connectivity index (χ3v) is 2.75. The Morgan fingerprint density at radius 1 is 1.47 bits per heavy atom. The van der Waals surface area contributed by atoms with Crippen molar-refractivity contribution >= 4 is 17.5 Å². The standard InChI is InChI=1S/C11H15ClN2O/c1-8(14(2)11(15)7-13)9-3-5-10(12)6-4-9/h3-6,8H,7,13H2,1-2H3. The zero-order valence-electron chi connectivity index (χ0n) is 8.90. The number of rotatable bonds is 3. The van der Waals surface area contributed by atoms with Crippen molar-refractivity contribution in [2.75, 3.05) is 13.6 Å². The Morgan fingerprint density at radius 3 is 2.47 bits per heavy atom. The van der Waals surface area contributed by atoms with Crippen LogP contribution in [0.25, 0.3) is 0 Å². The minimum absolute atomic E-state index is 0.0123. The molecule has 0 fully saturated rings. The highest BCUT2D eigenvalue weighted by Gasteiger charge is 2.15. The van der Waals surface area contributed by atoms with Crippen molar-refractivity contribution in [3.8, 4) is 0 Å². The van der Waals surface area contributed by atoms with Crippen molar-refractivity contribution in [2.45, 2.75) is 13.0 Å². The summed E-state index contributed by atoms with van der Waals surface area (Å²) in [5, 5.41) is 0.693. The molecule has 0 aromatic heterocycles. The molecule has 3 nitrogen and oxygen atoms in total. The molecule has 0 spiro atoms. The Balaban J connectivity index is 2.80. The van der Waals surface area contributed by atoms with E-state index in [0.717, 1.165) is 5.56 Å². The van der Waals surface area contributed by atoms with Crippen LogP contribution in [0.3, 0.4) is 0 Å². The van der Waals surface area contributed by atoms with Crippen LogP contribution in [0.5, 0.6) is 0 Å². The van der Waals surface area contributed by atoms with Gasteiger partial charge >= 0.3 is 0 Å². The molecule has 0 saturated heterocycles. The van der Waals surface area contributed by atoms with Gasteiger partial charge in [0.25, 0.3) is 0 Å². The molecule has 4 heteroatoms. The lowest BCUT2D eigenvalue weighted by atomic mass is 10.1. The van der Waals surface area contributed by atoms with Gasteiger partial charge in [0.05, 0.1) is 12.6 Å². The zero-order valence-corrected chi connectivity index (χ0v) is 9.66. The first-order valence-electron chi connectivity index (χ1n) is 4.77. The molecule has 1 amide bonds. The maximum absolute atomic E-state index is 11.4. The van der Waals surface area contributed by atoms with Crippen LogP contribution < -0.4 is 5.73 Å². The van der Waals surface area contributed by atoms with Crippen molar-refractivity contribution in [3.63, 3.8) is 0 Å². The Kier molecular flexibility index (Phi) is 4.12. The van der Waals surface area contributed by atoms with E-state index in [-0.39, 0.29) is 18.5 Å². The Hall–Kier alpha value is -1.06. The van der Waals surface area contributed by atoms with E-state index in [0.29, 0.717) is 5.02 Å². The molecule has 1 aromatic rings. The van der Waals surface area contributed by atoms with Gasteiger partial charge in [-0.05, 0) is 24.6 Å². The summed E-state index contributed by atoms with van der Waals surface area (Å²) < 4.78 is 0. The summed E-state index contributed by atoms with van der Waals surface area (Å²) in [6.07, 6.45) is 0. The van der Waals surface area contributed by atoms with Gasteiger partial charge in [-0.1, -0.05) is 23.7 Å². The molecule has 0 bridgehead atoms. The number of halogens is 1. The third-order valence-electron chi connectivity index (χ3n) is 2.50. The highest BCUT2D eigenvalue weighted by Crippen LogP contribution is 2.20. The summed E-state index contributed by atoms with van der Waals surface area (Å²) in [5.41, 5.74) is 6.35. The summed E-state index contributed by atoms with van der Waals surface area (Å²) >= 11 is 5.79. The van der Waals surface area contributed by atoms with E-state index >= 15 is 0 Å². The number of amides is 1. The molecule has 0 aliphatic heterocycles. The second-order valence-electron chi connectivity index (χ2n) is 3.44. The average molecular weight is 227 g/mol. The van der Waals surface area contributed by atoms with E-state index < -0.39 is 0 Å². The number of nitrogens with zero attached hydrogens (tertiary/aromatic N) is 1. The number of hydrogen-bond donors (Lipinski definition) is 1. The van der Waals surface area contributed by atoms with Crippen LogP contribution in [0, 0.1) is 0 Å². The lowest BCUT2D eigenvalue weighted by Gasteiger charge is -2.24. The van der Waals surface area contributed by atoms with Crippen molar-refractivity contribution in [2.24, 2.45) is 5.73 Å². The summed E-state index contributed by atoms with van der Waals surface area (Å²) in [6, 6.07) is 7.46. The van der Waals surface area contributed by atoms with Gasteiger partial charge in [0.2, 0.25) is 5.91 Å². The molecule has 2 N–H and O–H groups in total. The first-order valence-corrected chi connectivity index (χ1v) is 5.15. The molecule has 82 valence electrons. The van der Waals surface area contributed by atoms with Gasteiger partial charge in [0.1, 0.15) is 0 Å². The fourth-order valence-corrected chi connectivity index (χ4v) is 1.45. The second kappa shape index (κ2) is 5.14. The summed E-state index contributed by atoms with van der Waals surface area (Å²) in [5.74, 6) is -0.0718. The molecule has 1 aromatic carbocycles. The van der Waals surface area contributed by atoms with E-state index in [4.69, 9.17) is 17.3 Å². The van der Waals surface area contributed by atoms with Crippen LogP contribution >= 0.6 is 11.6 Å². The van der Waals surface area contributed by atoms with Gasteiger partial charge in [-0.2, -0.15) is 0 Å². The Labute approximate surface area is 94.8 Å². The maximum Gasteiger partial charge on any atom is 0.236 e. The number of hydrogen-bond acceptors (Lipinski definition) is 2. The molecule has 0 radical (unpaired) electrons. The highest BCUT2D eigenvalue weighted by atomic mass is 35.5. The van der Waals surface area contributed by atoms with Gasteiger partial charge in [-0.3, -0.25) is 4.79 Å². The number of nitrogens with two attached hydrogens (primary N) is 1. The minimum atomic E-state index is -0.0718. The average Bonchev–Trinajstić information content (AvgIpc) is 2.27. The van der Waals surface area contributed by atoms with Crippen molar-refractivity contribution in [3.05, 3.63) is 34.9 Å². The first kappa shape index (κ1) is 12.0. The number of likely N-dealkylation sites (N-methyl/N-ethyl adjacent to an activating group) is 1. The lowest BCUT2D eigenvalue weighted by Crippen LogP contribution is -2.34. The molecule has 0 saturated carbocycles. The molecule has 0 aliphatic carbocycles. The highest BCUT2D eigenvalue weighted by molar-refractivity contribution is 6.30. The maximum atomic E-state index is 11.4. The topological polar surface area (TPSA) is 46.3 Å². The zero-order chi connectivity index (χ0) is 11.4. The van der Waals surface area contributed by atoms with Gasteiger partial charge < -0.3 is 10.6 Å². The largest absolute Gasteiger partial charge is 0.338 e. The predicted molar refractivity (Wildman–Crippen MR) is 61.7 cm³/mol. The summed E-state index contributed by atoms with van der Waals surface area (Å²) in [4.78, 5) is 13.0. The third kappa shape index (κ3) is 2.94. The molecule has 1 atom stereocenters. The molecule has 0 heterocycles. The van der Waals surface area contributed by atoms with Crippen LogP contribution in [0.4, 0.5) is 0 Å². The van der Waals surface area contributed by atoms with Crippen LogP contribution in [0.15, 0.2) is 24.3 Å². The van der Waals surface area contributed by atoms with Crippen molar-refractivity contribution < 1.29 is 4.79 Å². The first-order chi connectivity index (χ1) is 7.06. The Morgan fingerprint density at radius 2 is 2.00 bits per heavy atom. The second-order valence-corrected chi connectivity index (χ2v) is 3.87. The van der Waals surface area contributed by atoms with Gasteiger partial charge in [0, 0.05) is 12.1 Å². The number of carbonyl (C=O) groups is 1. The molecule has 1 rings (SSSR count). The quantitative estimate of drug-likeness (QED) is 0.855. The summed E-state index contributed by atoms with van der Waals surface area (Å²) in [7, 11) is 1.74. The van der Waals surface area contributed by atoms with Gasteiger partial charge in [-0.15, -0.1) is 0 Å². The fraction of sp³-hybridized carbons (Fsp3) is 0.364. The monoisotopic (exact) mass is 226 g/mol. The molecular formula is C11H15ClN2O. The van der Waals surface area contributed by atoms with Crippen LogP contribution in [0.1, 0.15) is 18.5 Å². The van der Waals surface area contributed by atoms with Crippen molar-refractivity contribution in [1.82, 2.24) is 4.90 Å². The fourth-order valence-electron chi connectivity index (χ4n) is 1.32. The van der Waals surface area contributed by atoms with E-state index in [1.54, 1.807) is 11.9 Å². The number of benzene rings is 1. The molecular weight excluding hydrogens is 212 g/mol. The Bertz CT molecular complexity index is 337. The van der Waals surface area contributed by atoms with Crippen LogP contribution in [-0.4, -0.2) is 24.4 Å². The van der Waals surface area contributed by atoms with Gasteiger partial charge in [-0.25, -0.2) is 0 Å². The molecule has 1 unspecified atom stereocenters. The van der Waals surface area contributed by atoms with E-state index in [9.17, 15) is 4.79 Å². The van der Waals surface area contributed by atoms with Crippen LogP contribution in [-0.2, 0) is 4.79 Å². The van der Waals surface area contributed by atoms with E-state index in [1.807, 2.05) is 31.2 Å². The van der Waals surface area contributed by atoms with E-state index in [1.165, 1.54) is 0 Å². The molecule has 0 aliphatic rings. The SMILES string of the molecule is CC(c1ccc(Cl)cc1)N(C)C(=O)CN. The number of carbonyl (C=O) groups excluding carboxylic acids is 1. The van der Waals surface area contributed by atoms with E-state index in [2.05, 4.69) is 0 Å². The normalized spacial score (nSPS) is 12.3. The smallest absolute Gasteiger partial charge is 0.236 e. The minimum Gasteiger partial charge on any atom is -0.338 e. The molecule has 15 heavy (non-hydrogen) atoms. The lowest BCUT2D eigenvalue weighted by molar-refractivity contribution is -0.130. The van der Waals surface area contributed by atoms with Crippen LogP contribution in [0.2, 0.25) is 5.02 Å². The predicted octanol–water partition coefficient (Wildman–Crippen LogP) is 1.82. The van der Waals surface area contributed by atoms with Crippen molar-refractivity contribution in [1.29, 1.82) is 0 Å². The summed E-state index contributed by atoms with van der Waals surface area (Å²) in [6.45, 7) is 1.99.